The quantitative estimate of drug-likeness (QED) is 0.620. The van der Waals surface area contributed by atoms with E-state index in [9.17, 15) is 0 Å². The first-order chi connectivity index (χ1) is 12.6. The minimum absolute atomic E-state index is 0.433. The molecule has 0 bridgehead atoms. The number of aliphatic imine (C=N–C) groups is 1. The van der Waals surface area contributed by atoms with Gasteiger partial charge in [0.05, 0.1) is 6.54 Å². The van der Waals surface area contributed by atoms with Crippen molar-refractivity contribution in [3.05, 3.63) is 59.9 Å². The van der Waals surface area contributed by atoms with E-state index in [-0.39, 0.29) is 0 Å². The molecule has 3 rings (SSSR count). The summed E-state index contributed by atoms with van der Waals surface area (Å²) in [5.41, 5.74) is 2.61. The van der Waals surface area contributed by atoms with Gasteiger partial charge in [-0.3, -0.25) is 4.90 Å². The van der Waals surface area contributed by atoms with Crippen LogP contribution in [0.15, 0.2) is 53.8 Å². The molecular weight excluding hydrogens is 322 g/mol. The summed E-state index contributed by atoms with van der Waals surface area (Å²) in [5.74, 6) is 0.912. The summed E-state index contributed by atoms with van der Waals surface area (Å²) >= 11 is 0. The van der Waals surface area contributed by atoms with E-state index < -0.39 is 0 Å². The first-order valence-electron chi connectivity index (χ1n) is 9.57. The Hall–Kier alpha value is -2.27. The first-order valence-corrected chi connectivity index (χ1v) is 9.57. The van der Waals surface area contributed by atoms with E-state index >= 15 is 0 Å². The summed E-state index contributed by atoms with van der Waals surface area (Å²) in [6.07, 6.45) is 5.32. The van der Waals surface area contributed by atoms with Gasteiger partial charge in [-0.2, -0.15) is 0 Å². The Labute approximate surface area is 157 Å². The fourth-order valence-electron chi connectivity index (χ4n) is 3.58. The van der Waals surface area contributed by atoms with Crippen LogP contribution in [0.2, 0.25) is 0 Å². The Morgan fingerprint density at radius 1 is 1.19 bits per heavy atom. The lowest BCUT2D eigenvalue weighted by atomic mass is 10.2. The number of aromatic nitrogens is 1. The Bertz CT molecular complexity index is 706. The van der Waals surface area contributed by atoms with Crippen molar-refractivity contribution in [3.63, 3.8) is 0 Å². The van der Waals surface area contributed by atoms with Crippen LogP contribution >= 0.6 is 0 Å². The molecule has 2 atom stereocenters. The van der Waals surface area contributed by atoms with Crippen LogP contribution in [0, 0.1) is 0 Å². The van der Waals surface area contributed by atoms with Gasteiger partial charge in [0.25, 0.3) is 0 Å². The monoisotopic (exact) mass is 353 g/mol. The Kier molecular flexibility index (Phi) is 6.34. The highest BCUT2D eigenvalue weighted by Crippen LogP contribution is 2.20. The van der Waals surface area contributed by atoms with Crippen LogP contribution in [-0.2, 0) is 20.1 Å². The van der Waals surface area contributed by atoms with E-state index in [1.807, 2.05) is 7.05 Å². The predicted molar refractivity (Wildman–Crippen MR) is 108 cm³/mol. The highest BCUT2D eigenvalue weighted by atomic mass is 15.3. The van der Waals surface area contributed by atoms with Crippen molar-refractivity contribution >= 4 is 5.96 Å². The van der Waals surface area contributed by atoms with Gasteiger partial charge in [0, 0.05) is 51.2 Å². The van der Waals surface area contributed by atoms with Crippen LogP contribution in [0.3, 0.4) is 0 Å². The van der Waals surface area contributed by atoms with Crippen molar-refractivity contribution in [2.75, 3.05) is 13.1 Å². The lowest BCUT2D eigenvalue weighted by Crippen LogP contribution is -2.44. The molecule has 0 radical (unpaired) electrons. The second kappa shape index (κ2) is 8.90. The molecule has 140 valence electrons. The third kappa shape index (κ3) is 5.11. The average molecular weight is 354 g/mol. The van der Waals surface area contributed by atoms with Crippen LogP contribution in [0.1, 0.15) is 31.4 Å². The smallest absolute Gasteiger partial charge is 0.191 e. The average Bonchev–Trinajstić information content (AvgIpc) is 3.19. The zero-order valence-electron chi connectivity index (χ0n) is 16.2. The number of nitrogens with zero attached hydrogens (tertiary/aromatic N) is 3. The minimum atomic E-state index is 0.433. The van der Waals surface area contributed by atoms with Gasteiger partial charge in [0.2, 0.25) is 0 Å². The summed E-state index contributed by atoms with van der Waals surface area (Å²) in [6, 6.07) is 13.8. The summed E-state index contributed by atoms with van der Waals surface area (Å²) in [6.45, 7) is 8.06. The molecule has 0 saturated carbocycles. The molecule has 2 N–H and O–H groups in total. The van der Waals surface area contributed by atoms with Gasteiger partial charge in [-0.05, 0) is 37.5 Å². The predicted octanol–water partition coefficient (Wildman–Crippen LogP) is 2.74. The van der Waals surface area contributed by atoms with Crippen LogP contribution in [0.4, 0.5) is 0 Å². The molecule has 5 heteroatoms. The van der Waals surface area contributed by atoms with E-state index in [0.717, 1.165) is 32.0 Å². The second-order valence-corrected chi connectivity index (χ2v) is 7.22. The van der Waals surface area contributed by atoms with Crippen molar-refractivity contribution < 1.29 is 0 Å². The summed E-state index contributed by atoms with van der Waals surface area (Å²) < 4.78 is 2.06. The SMILES string of the molecule is CCNC(=NCc1ccn(C)c1)NC1CC(C)N(Cc2ccccc2)C1. The molecule has 2 aromatic rings. The number of guanidine groups is 1. The molecule has 0 amide bonds. The molecule has 1 fully saturated rings. The molecular formula is C21H31N5. The molecule has 1 saturated heterocycles. The normalized spacial score (nSPS) is 21.1. The first kappa shape index (κ1) is 18.5. The minimum Gasteiger partial charge on any atom is -0.357 e. The Morgan fingerprint density at radius 2 is 2.00 bits per heavy atom. The molecule has 0 spiro atoms. The third-order valence-electron chi connectivity index (χ3n) is 4.93. The van der Waals surface area contributed by atoms with Gasteiger partial charge in [-0.15, -0.1) is 0 Å². The number of rotatable bonds is 6. The van der Waals surface area contributed by atoms with E-state index in [4.69, 9.17) is 4.99 Å². The number of hydrogen-bond acceptors (Lipinski definition) is 2. The molecule has 2 heterocycles. The van der Waals surface area contributed by atoms with Gasteiger partial charge in [-0.1, -0.05) is 30.3 Å². The maximum atomic E-state index is 4.76. The number of aryl methyl sites for hydroxylation is 1. The third-order valence-corrected chi connectivity index (χ3v) is 4.93. The van der Waals surface area contributed by atoms with Crippen molar-refractivity contribution in [1.82, 2.24) is 20.1 Å². The fourth-order valence-corrected chi connectivity index (χ4v) is 3.58. The van der Waals surface area contributed by atoms with Gasteiger partial charge in [0.15, 0.2) is 5.96 Å². The van der Waals surface area contributed by atoms with Crippen LogP contribution in [0.25, 0.3) is 0 Å². The summed E-state index contributed by atoms with van der Waals surface area (Å²) in [4.78, 5) is 7.31. The molecule has 1 aliphatic rings. The summed E-state index contributed by atoms with van der Waals surface area (Å²) in [5, 5.41) is 7.01. The van der Waals surface area contributed by atoms with Crippen LogP contribution in [0.5, 0.6) is 0 Å². The van der Waals surface area contributed by atoms with E-state index in [1.165, 1.54) is 11.1 Å². The van der Waals surface area contributed by atoms with E-state index in [1.54, 1.807) is 0 Å². The molecule has 1 aliphatic heterocycles. The van der Waals surface area contributed by atoms with Gasteiger partial charge in [0.1, 0.15) is 0 Å². The van der Waals surface area contributed by atoms with Crippen LogP contribution < -0.4 is 10.6 Å². The largest absolute Gasteiger partial charge is 0.357 e. The lowest BCUT2D eigenvalue weighted by Gasteiger charge is -2.21. The molecule has 2 unspecified atom stereocenters. The number of likely N-dealkylation sites (tertiary alicyclic amines) is 1. The lowest BCUT2D eigenvalue weighted by molar-refractivity contribution is 0.258. The number of hydrogen-bond donors (Lipinski definition) is 2. The summed E-state index contributed by atoms with van der Waals surface area (Å²) in [7, 11) is 2.04. The molecule has 26 heavy (non-hydrogen) atoms. The fraction of sp³-hybridized carbons (Fsp3) is 0.476. The van der Waals surface area contributed by atoms with Gasteiger partial charge < -0.3 is 15.2 Å². The van der Waals surface area contributed by atoms with Crippen molar-refractivity contribution in [2.45, 2.75) is 45.4 Å². The van der Waals surface area contributed by atoms with E-state index in [2.05, 4.69) is 82.7 Å². The van der Waals surface area contributed by atoms with Gasteiger partial charge in [-0.25, -0.2) is 4.99 Å². The number of benzene rings is 1. The molecule has 5 nitrogen and oxygen atoms in total. The number of nitrogens with one attached hydrogen (secondary N) is 2. The van der Waals surface area contributed by atoms with Crippen molar-refractivity contribution in [2.24, 2.45) is 12.0 Å². The zero-order chi connectivity index (χ0) is 18.4. The maximum Gasteiger partial charge on any atom is 0.191 e. The van der Waals surface area contributed by atoms with Crippen molar-refractivity contribution in [3.8, 4) is 0 Å². The highest BCUT2D eigenvalue weighted by Gasteiger charge is 2.29. The topological polar surface area (TPSA) is 44.6 Å². The highest BCUT2D eigenvalue weighted by molar-refractivity contribution is 5.80. The zero-order valence-corrected chi connectivity index (χ0v) is 16.2. The second-order valence-electron chi connectivity index (χ2n) is 7.22. The van der Waals surface area contributed by atoms with Crippen LogP contribution in [-0.4, -0.2) is 40.6 Å². The molecule has 1 aromatic heterocycles. The van der Waals surface area contributed by atoms with E-state index in [0.29, 0.717) is 18.6 Å². The molecule has 1 aromatic carbocycles. The maximum absolute atomic E-state index is 4.76. The standard InChI is InChI=1S/C21H31N5/c1-4-22-21(23-13-19-10-11-25(3)14-19)24-20-12-17(2)26(16-20)15-18-8-6-5-7-9-18/h5-11,14,17,20H,4,12-13,15-16H2,1-3H3,(H2,22,23,24). The molecule has 0 aliphatic carbocycles. The Balaban J connectivity index is 1.57. The van der Waals surface area contributed by atoms with Crippen molar-refractivity contribution in [1.29, 1.82) is 0 Å². The van der Waals surface area contributed by atoms with Gasteiger partial charge >= 0.3 is 0 Å². The Morgan fingerprint density at radius 3 is 2.69 bits per heavy atom.